The van der Waals surface area contributed by atoms with Crippen molar-refractivity contribution in [1.29, 1.82) is 0 Å². The summed E-state index contributed by atoms with van der Waals surface area (Å²) in [7, 11) is 3.08. The molecular formula is C5H14BNO3. The Bertz CT molecular complexity index is 87.0. The third-order valence-corrected chi connectivity index (χ3v) is 1.40. The van der Waals surface area contributed by atoms with Gasteiger partial charge in [-0.3, -0.25) is 0 Å². The minimum Gasteiger partial charge on any atom is -0.394 e. The van der Waals surface area contributed by atoms with Gasteiger partial charge in [-0.25, -0.2) is 0 Å². The van der Waals surface area contributed by atoms with Gasteiger partial charge in [-0.2, -0.15) is 0 Å². The van der Waals surface area contributed by atoms with Crippen LogP contribution in [0.2, 0.25) is 0 Å². The Kier molecular flexibility index (Phi) is 4.63. The van der Waals surface area contributed by atoms with Gasteiger partial charge in [0.25, 0.3) is 0 Å². The summed E-state index contributed by atoms with van der Waals surface area (Å²) >= 11 is 0. The molecule has 0 amide bonds. The molecule has 60 valence electrons. The maximum absolute atomic E-state index is 9.18. The number of aliphatic hydroxyl groups is 2. The predicted octanol–water partition coefficient (Wildman–Crippen LogP) is -2.73. The average molecular weight is 147 g/mol. The Balaban J connectivity index is 3.76. The molecule has 0 saturated carbocycles. The molecule has 0 aliphatic carbocycles. The third-order valence-electron chi connectivity index (χ3n) is 1.40. The van der Waals surface area contributed by atoms with Gasteiger partial charge in [0.05, 0.1) is 12.7 Å². The van der Waals surface area contributed by atoms with Crippen molar-refractivity contribution in [2.75, 3.05) is 13.7 Å². The minimum absolute atomic E-state index is 0.209. The predicted molar refractivity (Wildman–Crippen MR) is 40.4 cm³/mol. The van der Waals surface area contributed by atoms with Crippen LogP contribution in [0.5, 0.6) is 0 Å². The molecule has 4 nitrogen and oxygen atoms in total. The van der Waals surface area contributed by atoms with E-state index in [1.54, 1.807) is 7.85 Å². The highest BCUT2D eigenvalue weighted by Gasteiger charge is 2.20. The van der Waals surface area contributed by atoms with Crippen molar-refractivity contribution in [2.45, 2.75) is 18.1 Å². The number of aliphatic hydroxyl groups excluding tert-OH is 2. The van der Waals surface area contributed by atoms with Crippen LogP contribution in [-0.2, 0) is 4.74 Å². The first kappa shape index (κ1) is 9.90. The van der Waals surface area contributed by atoms with Crippen molar-refractivity contribution in [1.82, 2.24) is 0 Å². The van der Waals surface area contributed by atoms with E-state index in [-0.39, 0.29) is 12.5 Å². The van der Waals surface area contributed by atoms with Crippen LogP contribution in [0.3, 0.4) is 0 Å². The fourth-order valence-electron chi connectivity index (χ4n) is 0.661. The van der Waals surface area contributed by atoms with E-state index in [0.717, 1.165) is 0 Å². The first-order valence-electron chi connectivity index (χ1n) is 3.20. The molecule has 0 aromatic heterocycles. The van der Waals surface area contributed by atoms with Gasteiger partial charge in [-0.05, 0) is 0 Å². The van der Waals surface area contributed by atoms with Gasteiger partial charge < -0.3 is 20.7 Å². The van der Waals surface area contributed by atoms with Crippen molar-refractivity contribution in [3.63, 3.8) is 0 Å². The zero-order chi connectivity index (χ0) is 8.15. The molecule has 0 spiro atoms. The Morgan fingerprint density at radius 3 is 2.30 bits per heavy atom. The maximum atomic E-state index is 9.18. The van der Waals surface area contributed by atoms with E-state index in [2.05, 4.69) is 0 Å². The molecule has 0 saturated heterocycles. The zero-order valence-electron chi connectivity index (χ0n) is 6.32. The summed E-state index contributed by atoms with van der Waals surface area (Å²) in [6, 6.07) is 0. The van der Waals surface area contributed by atoms with Crippen LogP contribution in [0.25, 0.3) is 0 Å². The van der Waals surface area contributed by atoms with Crippen molar-refractivity contribution < 1.29 is 14.9 Å². The van der Waals surface area contributed by atoms with E-state index in [1.807, 2.05) is 0 Å². The van der Waals surface area contributed by atoms with Crippen LogP contribution >= 0.6 is 0 Å². The fraction of sp³-hybridized carbons (Fsp3) is 1.00. The number of rotatable bonds is 4. The molecule has 0 heterocycles. The number of methoxy groups -OCH3 is 1. The highest BCUT2D eigenvalue weighted by Crippen LogP contribution is 1.98. The van der Waals surface area contributed by atoms with E-state index < -0.39 is 12.2 Å². The van der Waals surface area contributed by atoms with E-state index in [1.165, 1.54) is 7.11 Å². The third kappa shape index (κ3) is 2.66. The largest absolute Gasteiger partial charge is 0.394 e. The van der Waals surface area contributed by atoms with E-state index >= 15 is 0 Å². The highest BCUT2D eigenvalue weighted by atomic mass is 16.5. The fourth-order valence-corrected chi connectivity index (χ4v) is 0.661. The van der Waals surface area contributed by atoms with E-state index in [0.29, 0.717) is 0 Å². The number of ether oxygens (including phenoxy) is 1. The standard InChI is InChI=1S/C5H14BNO3/c1-10-3(2-8)4(9)5(6)7/h3-5,8-9H,2,6-7H2,1H3/t3-,4-,5-/m1/s1. The quantitative estimate of drug-likeness (QED) is 0.377. The molecule has 0 aliphatic rings. The Morgan fingerprint density at radius 1 is 1.70 bits per heavy atom. The summed E-state index contributed by atoms with van der Waals surface area (Å²) in [6.07, 6.45) is -1.37. The summed E-state index contributed by atoms with van der Waals surface area (Å²) in [5.41, 5.74) is 5.35. The lowest BCUT2D eigenvalue weighted by molar-refractivity contribution is -0.0414. The van der Waals surface area contributed by atoms with Crippen LogP contribution in [0.4, 0.5) is 0 Å². The molecule has 0 rings (SSSR count). The van der Waals surface area contributed by atoms with Crippen LogP contribution in [0, 0.1) is 0 Å². The van der Waals surface area contributed by atoms with Crippen LogP contribution in [-0.4, -0.2) is 49.9 Å². The molecule has 10 heavy (non-hydrogen) atoms. The zero-order valence-corrected chi connectivity index (χ0v) is 6.32. The molecule has 0 bridgehead atoms. The number of nitrogens with two attached hydrogens (primary N) is 1. The second-order valence-corrected chi connectivity index (χ2v) is 2.31. The summed E-state index contributed by atoms with van der Waals surface area (Å²) < 4.78 is 4.74. The SMILES string of the molecule is B[C@H](N)[C@H](O)[C@@H](CO)OC. The Hall–Kier alpha value is -0.0951. The van der Waals surface area contributed by atoms with Gasteiger partial charge in [0.1, 0.15) is 14.0 Å². The lowest BCUT2D eigenvalue weighted by atomic mass is 9.89. The molecule has 0 radical (unpaired) electrons. The summed E-state index contributed by atoms with van der Waals surface area (Å²) in [4.78, 5) is 0. The molecular weight excluding hydrogens is 133 g/mol. The van der Waals surface area contributed by atoms with Crippen LogP contribution in [0.15, 0.2) is 0 Å². The van der Waals surface area contributed by atoms with Gasteiger partial charge in [0, 0.05) is 13.1 Å². The minimum atomic E-state index is -0.796. The Morgan fingerprint density at radius 2 is 2.20 bits per heavy atom. The van der Waals surface area contributed by atoms with Gasteiger partial charge in [-0.15, -0.1) is 0 Å². The average Bonchev–Trinajstić information content (AvgIpc) is 1.90. The lowest BCUT2D eigenvalue weighted by Crippen LogP contribution is -2.45. The van der Waals surface area contributed by atoms with Gasteiger partial charge >= 0.3 is 0 Å². The maximum Gasteiger partial charge on any atom is 0.126 e. The van der Waals surface area contributed by atoms with Gasteiger partial charge in [0.2, 0.25) is 0 Å². The summed E-state index contributed by atoms with van der Waals surface area (Å²) in [5.74, 6) is -0.378. The van der Waals surface area contributed by atoms with Crippen molar-refractivity contribution in [3.8, 4) is 0 Å². The topological polar surface area (TPSA) is 75.7 Å². The Labute approximate surface area is 61.4 Å². The lowest BCUT2D eigenvalue weighted by Gasteiger charge is -2.22. The molecule has 3 atom stereocenters. The molecule has 0 aromatic rings. The van der Waals surface area contributed by atoms with Gasteiger partial charge in [0.15, 0.2) is 0 Å². The van der Waals surface area contributed by atoms with Crippen LogP contribution < -0.4 is 5.73 Å². The second-order valence-electron chi connectivity index (χ2n) is 2.31. The highest BCUT2D eigenvalue weighted by molar-refractivity contribution is 6.12. The molecule has 0 aromatic carbocycles. The van der Waals surface area contributed by atoms with Crippen LogP contribution in [0.1, 0.15) is 0 Å². The van der Waals surface area contributed by atoms with Gasteiger partial charge in [-0.1, -0.05) is 0 Å². The first-order chi connectivity index (χ1) is 4.63. The second kappa shape index (κ2) is 4.68. The smallest absolute Gasteiger partial charge is 0.126 e. The summed E-state index contributed by atoms with van der Waals surface area (Å²) in [6.45, 7) is -0.209. The van der Waals surface area contributed by atoms with Crippen molar-refractivity contribution >= 4 is 7.85 Å². The van der Waals surface area contributed by atoms with E-state index in [4.69, 9.17) is 15.6 Å². The normalized spacial score (nSPS) is 20.0. The van der Waals surface area contributed by atoms with E-state index in [9.17, 15) is 5.11 Å². The number of hydrogen-bond acceptors (Lipinski definition) is 4. The molecule has 0 aliphatic heterocycles. The molecule has 5 heteroatoms. The summed E-state index contributed by atoms with van der Waals surface area (Å²) in [5, 5.41) is 17.8. The number of hydrogen-bond donors (Lipinski definition) is 3. The van der Waals surface area contributed by atoms with Crippen molar-refractivity contribution in [3.05, 3.63) is 0 Å². The molecule has 0 unspecified atom stereocenters. The van der Waals surface area contributed by atoms with Crippen molar-refractivity contribution in [2.24, 2.45) is 5.73 Å². The monoisotopic (exact) mass is 147 g/mol. The first-order valence-corrected chi connectivity index (χ1v) is 3.20. The molecule has 0 fully saturated rings. The molecule has 4 N–H and O–H groups in total.